The molecule has 11 heavy (non-hydrogen) atoms. The van der Waals surface area contributed by atoms with E-state index >= 15 is 0 Å². The smallest absolute Gasteiger partial charge is 0.142 e. The fourth-order valence-corrected chi connectivity index (χ4v) is 1.22. The Hall–Kier alpha value is -0.590. The summed E-state index contributed by atoms with van der Waals surface area (Å²) in [6.07, 6.45) is 7.92. The quantitative estimate of drug-likeness (QED) is 0.439. The van der Waals surface area contributed by atoms with Crippen molar-refractivity contribution in [3.8, 4) is 0 Å². The zero-order valence-corrected chi connectivity index (χ0v) is 7.76. The van der Waals surface area contributed by atoms with Gasteiger partial charge >= 0.3 is 0 Å². The van der Waals surface area contributed by atoms with Gasteiger partial charge in [-0.3, -0.25) is 4.79 Å². The molecule has 0 rings (SSSR count). The largest absolute Gasteiger partial charge is 0.299 e. The van der Waals surface area contributed by atoms with Crippen molar-refractivity contribution in [1.82, 2.24) is 0 Å². The second-order valence-electron chi connectivity index (χ2n) is 3.25. The lowest BCUT2D eigenvalue weighted by molar-refractivity contribution is -0.104. The van der Waals surface area contributed by atoms with Crippen LogP contribution in [0.5, 0.6) is 0 Å². The minimum Gasteiger partial charge on any atom is -0.299 e. The third-order valence-corrected chi connectivity index (χ3v) is 2.21. The lowest BCUT2D eigenvalue weighted by atomic mass is 9.83. The highest BCUT2D eigenvalue weighted by Crippen LogP contribution is 2.28. The summed E-state index contributed by atoms with van der Waals surface area (Å²) in [4.78, 5) is 10.1. The first-order chi connectivity index (χ1) is 5.18. The van der Waals surface area contributed by atoms with Crippen molar-refractivity contribution in [3.63, 3.8) is 0 Å². The van der Waals surface area contributed by atoms with Gasteiger partial charge in [0.2, 0.25) is 0 Å². The summed E-state index contributed by atoms with van der Waals surface area (Å²) in [5.74, 6) is 0. The molecule has 1 atom stereocenters. The van der Waals surface area contributed by atoms with E-state index in [1.165, 1.54) is 6.42 Å². The molecular formula is C10H18O. The van der Waals surface area contributed by atoms with Gasteiger partial charge in [-0.05, 0) is 24.3 Å². The van der Waals surface area contributed by atoms with Crippen LogP contribution in [0, 0.1) is 5.41 Å². The van der Waals surface area contributed by atoms with Crippen molar-refractivity contribution >= 4 is 6.29 Å². The number of allylic oxidation sites excluding steroid dienone is 2. The van der Waals surface area contributed by atoms with E-state index in [0.717, 1.165) is 19.1 Å². The van der Waals surface area contributed by atoms with E-state index < -0.39 is 0 Å². The minimum atomic E-state index is 0.232. The van der Waals surface area contributed by atoms with Gasteiger partial charge in [-0.25, -0.2) is 0 Å². The van der Waals surface area contributed by atoms with E-state index in [9.17, 15) is 4.79 Å². The Labute approximate surface area is 69.5 Å². The van der Waals surface area contributed by atoms with Crippen LogP contribution in [0.2, 0.25) is 0 Å². The zero-order valence-electron chi connectivity index (χ0n) is 7.76. The fraction of sp³-hybridized carbons (Fsp3) is 0.700. The molecule has 1 unspecified atom stereocenters. The lowest BCUT2D eigenvalue weighted by Crippen LogP contribution is -2.10. The van der Waals surface area contributed by atoms with E-state index in [0.29, 0.717) is 0 Å². The Morgan fingerprint density at radius 2 is 2.00 bits per heavy atom. The molecule has 0 N–H and O–H groups in total. The fourth-order valence-electron chi connectivity index (χ4n) is 1.22. The van der Waals surface area contributed by atoms with Crippen molar-refractivity contribution in [2.45, 2.75) is 40.0 Å². The number of hydrogen-bond acceptors (Lipinski definition) is 1. The first-order valence-corrected chi connectivity index (χ1v) is 4.31. The zero-order chi connectivity index (χ0) is 8.74. The average molecular weight is 154 g/mol. The second-order valence-corrected chi connectivity index (χ2v) is 3.25. The Bertz CT molecular complexity index is 138. The van der Waals surface area contributed by atoms with Gasteiger partial charge in [0, 0.05) is 0 Å². The maximum Gasteiger partial charge on any atom is 0.142 e. The van der Waals surface area contributed by atoms with Gasteiger partial charge in [0.25, 0.3) is 0 Å². The van der Waals surface area contributed by atoms with E-state index in [1.807, 2.05) is 6.08 Å². The van der Waals surface area contributed by atoms with Crippen LogP contribution in [0.25, 0.3) is 0 Å². The van der Waals surface area contributed by atoms with Crippen LogP contribution in [-0.2, 0) is 4.79 Å². The third kappa shape index (κ3) is 3.97. The number of rotatable bonds is 5. The highest BCUT2D eigenvalue weighted by Gasteiger charge is 2.15. The molecule has 0 aliphatic heterocycles. The molecule has 64 valence electrons. The lowest BCUT2D eigenvalue weighted by Gasteiger charge is -2.22. The second kappa shape index (κ2) is 5.11. The summed E-state index contributed by atoms with van der Waals surface area (Å²) in [5.41, 5.74) is 0.232. The summed E-state index contributed by atoms with van der Waals surface area (Å²) < 4.78 is 0. The monoisotopic (exact) mass is 154 g/mol. The molecule has 0 radical (unpaired) electrons. The molecule has 0 heterocycles. The van der Waals surface area contributed by atoms with Gasteiger partial charge in [0.05, 0.1) is 0 Å². The Balaban J connectivity index is 4.08. The van der Waals surface area contributed by atoms with Gasteiger partial charge in [0.15, 0.2) is 0 Å². The minimum absolute atomic E-state index is 0.232. The molecule has 0 aromatic rings. The number of carbonyl (C=O) groups excluding carboxylic acids is 1. The third-order valence-electron chi connectivity index (χ3n) is 2.21. The number of hydrogen-bond donors (Lipinski definition) is 0. The normalized spacial score (nSPS) is 16.6. The highest BCUT2D eigenvalue weighted by molar-refractivity contribution is 5.64. The van der Waals surface area contributed by atoms with Gasteiger partial charge in [-0.15, -0.1) is 0 Å². The summed E-state index contributed by atoms with van der Waals surface area (Å²) in [6.45, 7) is 6.52. The number of aldehydes is 1. The SMILES string of the molecule is CCCC(C)(/C=C/C=O)CC. The summed E-state index contributed by atoms with van der Waals surface area (Å²) in [5, 5.41) is 0. The number of carbonyl (C=O) groups is 1. The van der Waals surface area contributed by atoms with Crippen molar-refractivity contribution in [1.29, 1.82) is 0 Å². The highest BCUT2D eigenvalue weighted by atomic mass is 16.1. The molecule has 0 aliphatic carbocycles. The predicted octanol–water partition coefficient (Wildman–Crippen LogP) is 2.96. The molecular weight excluding hydrogens is 136 g/mol. The average Bonchev–Trinajstić information content (AvgIpc) is 2.02. The predicted molar refractivity (Wildman–Crippen MR) is 48.5 cm³/mol. The molecule has 0 saturated heterocycles. The van der Waals surface area contributed by atoms with E-state index in [1.54, 1.807) is 6.08 Å². The van der Waals surface area contributed by atoms with Crippen LogP contribution in [-0.4, -0.2) is 6.29 Å². The van der Waals surface area contributed by atoms with E-state index in [2.05, 4.69) is 20.8 Å². The molecule has 1 heteroatoms. The van der Waals surface area contributed by atoms with Crippen molar-refractivity contribution < 1.29 is 4.79 Å². The van der Waals surface area contributed by atoms with Gasteiger partial charge in [-0.1, -0.05) is 33.3 Å². The van der Waals surface area contributed by atoms with Gasteiger partial charge < -0.3 is 0 Å². The van der Waals surface area contributed by atoms with Crippen molar-refractivity contribution in [2.24, 2.45) is 5.41 Å². The van der Waals surface area contributed by atoms with Crippen LogP contribution in [0.3, 0.4) is 0 Å². The van der Waals surface area contributed by atoms with Crippen molar-refractivity contribution in [3.05, 3.63) is 12.2 Å². The first-order valence-electron chi connectivity index (χ1n) is 4.31. The Morgan fingerprint density at radius 3 is 2.36 bits per heavy atom. The van der Waals surface area contributed by atoms with E-state index in [4.69, 9.17) is 0 Å². The molecule has 0 bridgehead atoms. The van der Waals surface area contributed by atoms with E-state index in [-0.39, 0.29) is 5.41 Å². The summed E-state index contributed by atoms with van der Waals surface area (Å²) >= 11 is 0. The Morgan fingerprint density at radius 1 is 1.36 bits per heavy atom. The van der Waals surface area contributed by atoms with Crippen LogP contribution < -0.4 is 0 Å². The standard InChI is InChI=1S/C10H18O/c1-4-7-10(3,5-2)8-6-9-11/h6,8-9H,4-5,7H2,1-3H3/b8-6+. The summed E-state index contributed by atoms with van der Waals surface area (Å²) in [7, 11) is 0. The molecule has 0 aromatic heterocycles. The Kier molecular flexibility index (Phi) is 4.84. The first kappa shape index (κ1) is 10.4. The molecule has 1 nitrogen and oxygen atoms in total. The van der Waals surface area contributed by atoms with Gasteiger partial charge in [-0.2, -0.15) is 0 Å². The van der Waals surface area contributed by atoms with Crippen LogP contribution in [0.15, 0.2) is 12.2 Å². The van der Waals surface area contributed by atoms with Gasteiger partial charge in [0.1, 0.15) is 6.29 Å². The van der Waals surface area contributed by atoms with Crippen LogP contribution in [0.1, 0.15) is 40.0 Å². The topological polar surface area (TPSA) is 17.1 Å². The van der Waals surface area contributed by atoms with Crippen molar-refractivity contribution in [2.75, 3.05) is 0 Å². The molecule has 0 aromatic carbocycles. The molecule has 0 saturated carbocycles. The van der Waals surface area contributed by atoms with Crippen LogP contribution in [0.4, 0.5) is 0 Å². The molecule has 0 fully saturated rings. The molecule has 0 spiro atoms. The molecule has 0 aliphatic rings. The maximum atomic E-state index is 10.1. The maximum absolute atomic E-state index is 10.1. The van der Waals surface area contributed by atoms with Crippen LogP contribution >= 0.6 is 0 Å². The molecule has 0 amide bonds. The summed E-state index contributed by atoms with van der Waals surface area (Å²) in [6, 6.07) is 0.